The molecule has 0 amide bonds. The third-order valence-corrected chi connectivity index (χ3v) is 5.99. The second-order valence-corrected chi connectivity index (χ2v) is 7.56. The summed E-state index contributed by atoms with van der Waals surface area (Å²) in [7, 11) is 2.93. The Bertz CT molecular complexity index is 968. The van der Waals surface area contributed by atoms with Gasteiger partial charge in [-0.15, -0.1) is 0 Å². The molecule has 6 heteroatoms. The van der Waals surface area contributed by atoms with Crippen molar-refractivity contribution in [2.45, 2.75) is 9.79 Å². The quantitative estimate of drug-likeness (QED) is 0.317. The summed E-state index contributed by atoms with van der Waals surface area (Å²) < 4.78 is 1.76. The molecule has 0 aliphatic heterocycles. The smallest absolute Gasteiger partial charge is 0.223 e. The van der Waals surface area contributed by atoms with E-state index in [0.717, 1.165) is 30.0 Å². The van der Waals surface area contributed by atoms with E-state index in [1.165, 1.54) is 21.6 Å². The molecule has 118 valence electrons. The van der Waals surface area contributed by atoms with E-state index in [1.54, 1.807) is 24.5 Å². The molecule has 4 rings (SSSR count). The number of para-hydroxylation sites is 2. The Morgan fingerprint density at radius 1 is 0.625 bits per heavy atom. The van der Waals surface area contributed by atoms with Gasteiger partial charge in [0.05, 0.1) is 9.79 Å². The summed E-state index contributed by atoms with van der Waals surface area (Å²) in [5.41, 5.74) is 1.30. The normalized spacial score (nSPS) is 11.2. The largest absolute Gasteiger partial charge is 0.618 e. The average Bonchev–Trinajstić information content (AvgIpc) is 2.60. The van der Waals surface area contributed by atoms with Crippen LogP contribution in [0.2, 0.25) is 0 Å². The number of pyridine rings is 2. The number of fused-ring (bicyclic) bond motifs is 2. The lowest BCUT2D eigenvalue weighted by molar-refractivity contribution is -0.579. The summed E-state index contributed by atoms with van der Waals surface area (Å²) in [4.78, 5) is 1.69. The minimum atomic E-state index is 0.648. The van der Waals surface area contributed by atoms with E-state index in [1.807, 2.05) is 48.5 Å². The van der Waals surface area contributed by atoms with Crippen molar-refractivity contribution < 1.29 is 9.46 Å². The van der Waals surface area contributed by atoms with Crippen LogP contribution in [-0.4, -0.2) is 0 Å². The SMILES string of the molecule is [O-][n+]1cc(SSc2cc3ccccc3[n+]([O-])c2)cc2ccccc21. The number of nitrogens with zero attached hydrogens (tertiary/aromatic N) is 2. The molecular weight excluding hydrogens is 340 g/mol. The molecule has 0 spiro atoms. The van der Waals surface area contributed by atoms with Gasteiger partial charge in [0.25, 0.3) is 0 Å². The Labute approximate surface area is 146 Å². The fourth-order valence-corrected chi connectivity index (χ4v) is 4.50. The van der Waals surface area contributed by atoms with Crippen molar-refractivity contribution in [3.8, 4) is 0 Å². The predicted molar refractivity (Wildman–Crippen MR) is 97.5 cm³/mol. The minimum Gasteiger partial charge on any atom is -0.618 e. The molecule has 0 aliphatic rings. The van der Waals surface area contributed by atoms with Crippen LogP contribution in [0.25, 0.3) is 21.8 Å². The van der Waals surface area contributed by atoms with Crippen LogP contribution in [0.15, 0.2) is 82.8 Å². The van der Waals surface area contributed by atoms with Crippen LogP contribution in [0.4, 0.5) is 0 Å². The highest BCUT2D eigenvalue weighted by atomic mass is 33.1. The van der Waals surface area contributed by atoms with Crippen molar-refractivity contribution >= 4 is 43.4 Å². The van der Waals surface area contributed by atoms with Crippen LogP contribution in [0.5, 0.6) is 0 Å². The number of benzene rings is 2. The van der Waals surface area contributed by atoms with Crippen LogP contribution < -0.4 is 9.46 Å². The van der Waals surface area contributed by atoms with E-state index in [-0.39, 0.29) is 0 Å². The predicted octanol–water partition coefficient (Wildman–Crippen LogP) is 4.06. The number of hydrogen-bond acceptors (Lipinski definition) is 4. The van der Waals surface area contributed by atoms with Crippen molar-refractivity contribution in [2.75, 3.05) is 0 Å². The van der Waals surface area contributed by atoms with Gasteiger partial charge in [-0.2, -0.15) is 9.46 Å². The molecule has 0 aliphatic carbocycles. The van der Waals surface area contributed by atoms with Gasteiger partial charge in [-0.25, -0.2) is 0 Å². The zero-order chi connectivity index (χ0) is 16.5. The lowest BCUT2D eigenvalue weighted by atomic mass is 10.2. The highest BCUT2D eigenvalue weighted by molar-refractivity contribution is 8.76. The maximum atomic E-state index is 12.1. The van der Waals surface area contributed by atoms with Crippen LogP contribution in [0.3, 0.4) is 0 Å². The first-order valence-corrected chi connectivity index (χ1v) is 9.44. The first-order valence-electron chi connectivity index (χ1n) is 7.29. The zero-order valence-electron chi connectivity index (χ0n) is 12.5. The fourth-order valence-electron chi connectivity index (χ4n) is 2.56. The summed E-state index contributed by atoms with van der Waals surface area (Å²) in [6.07, 6.45) is 3.12. The molecule has 2 aromatic carbocycles. The molecule has 0 fully saturated rings. The van der Waals surface area contributed by atoms with Crippen molar-refractivity contribution in [1.29, 1.82) is 0 Å². The van der Waals surface area contributed by atoms with Gasteiger partial charge in [0.2, 0.25) is 11.0 Å². The van der Waals surface area contributed by atoms with Gasteiger partial charge in [-0.1, -0.05) is 24.3 Å². The van der Waals surface area contributed by atoms with Crippen molar-refractivity contribution in [2.24, 2.45) is 0 Å². The van der Waals surface area contributed by atoms with E-state index < -0.39 is 0 Å². The second-order valence-electron chi connectivity index (χ2n) is 5.29. The van der Waals surface area contributed by atoms with E-state index in [4.69, 9.17) is 0 Å². The highest BCUT2D eigenvalue weighted by Gasteiger charge is 2.10. The van der Waals surface area contributed by atoms with Crippen LogP contribution in [0.1, 0.15) is 0 Å². The van der Waals surface area contributed by atoms with Crippen molar-refractivity contribution in [3.05, 3.63) is 83.5 Å². The molecule has 24 heavy (non-hydrogen) atoms. The number of hydrogen-bond donors (Lipinski definition) is 0. The summed E-state index contributed by atoms with van der Waals surface area (Å²) in [5.74, 6) is 0. The van der Waals surface area contributed by atoms with Gasteiger partial charge in [0.15, 0.2) is 12.4 Å². The van der Waals surface area contributed by atoms with Gasteiger partial charge >= 0.3 is 0 Å². The van der Waals surface area contributed by atoms with Crippen LogP contribution in [0, 0.1) is 10.4 Å². The van der Waals surface area contributed by atoms with Gasteiger partial charge in [-0.05, 0) is 45.9 Å². The maximum Gasteiger partial charge on any atom is 0.223 e. The molecule has 2 aromatic heterocycles. The Balaban J connectivity index is 1.63. The molecule has 0 N–H and O–H groups in total. The highest BCUT2D eigenvalue weighted by Crippen LogP contribution is 2.37. The fraction of sp³-hybridized carbons (Fsp3) is 0. The summed E-state index contributed by atoms with van der Waals surface area (Å²) in [6.45, 7) is 0. The van der Waals surface area contributed by atoms with E-state index in [2.05, 4.69) is 0 Å². The third-order valence-electron chi connectivity index (χ3n) is 3.67. The van der Waals surface area contributed by atoms with E-state index >= 15 is 0 Å². The molecule has 0 saturated carbocycles. The van der Waals surface area contributed by atoms with Gasteiger partial charge < -0.3 is 10.4 Å². The lowest BCUT2D eigenvalue weighted by Gasteiger charge is -2.06. The average molecular weight is 352 g/mol. The Morgan fingerprint density at radius 3 is 1.50 bits per heavy atom. The molecular formula is C18H12N2O2S2. The molecule has 0 bridgehead atoms. The maximum absolute atomic E-state index is 12.1. The van der Waals surface area contributed by atoms with Gasteiger partial charge in [0.1, 0.15) is 0 Å². The standard InChI is InChI=1S/C18H12N2O2S2/c21-19-11-15(9-13-5-1-3-7-17(13)19)23-24-16-10-14-6-2-4-8-18(14)20(22)12-16/h1-12H. The first kappa shape index (κ1) is 15.1. The Kier molecular flexibility index (Phi) is 3.92. The summed E-state index contributed by atoms with van der Waals surface area (Å²) >= 11 is 0. The second kappa shape index (κ2) is 6.22. The molecule has 0 saturated heterocycles. The first-order chi connectivity index (χ1) is 11.7. The Hall–Kier alpha value is -2.44. The number of rotatable bonds is 3. The topological polar surface area (TPSA) is 53.9 Å². The van der Waals surface area contributed by atoms with E-state index in [9.17, 15) is 10.4 Å². The molecule has 4 aromatic rings. The molecule has 0 atom stereocenters. The molecule has 4 nitrogen and oxygen atoms in total. The molecule has 0 radical (unpaired) electrons. The summed E-state index contributed by atoms with van der Waals surface area (Å²) in [6, 6.07) is 18.9. The monoisotopic (exact) mass is 352 g/mol. The molecule has 2 heterocycles. The van der Waals surface area contributed by atoms with Crippen molar-refractivity contribution in [3.63, 3.8) is 0 Å². The van der Waals surface area contributed by atoms with Crippen LogP contribution >= 0.6 is 21.6 Å². The minimum absolute atomic E-state index is 0.648. The van der Waals surface area contributed by atoms with Crippen molar-refractivity contribution in [1.82, 2.24) is 0 Å². The summed E-state index contributed by atoms with van der Waals surface area (Å²) in [5, 5.41) is 26.0. The molecule has 0 unspecified atom stereocenters. The van der Waals surface area contributed by atoms with Gasteiger partial charge in [0, 0.05) is 22.9 Å². The Morgan fingerprint density at radius 2 is 1.04 bits per heavy atom. The third kappa shape index (κ3) is 2.86. The van der Waals surface area contributed by atoms with Gasteiger partial charge in [-0.3, -0.25) is 0 Å². The van der Waals surface area contributed by atoms with E-state index in [0.29, 0.717) is 11.0 Å². The zero-order valence-corrected chi connectivity index (χ0v) is 14.1. The lowest BCUT2D eigenvalue weighted by Crippen LogP contribution is -2.26. The number of aromatic nitrogens is 2. The van der Waals surface area contributed by atoms with Crippen LogP contribution in [-0.2, 0) is 0 Å².